The molecule has 1 saturated carbocycles. The molecule has 86 valence electrons. The molecule has 1 saturated heterocycles. The quantitative estimate of drug-likeness (QED) is 0.669. The minimum absolute atomic E-state index is 0.216. The van der Waals surface area contributed by atoms with Crippen molar-refractivity contribution in [1.29, 1.82) is 0 Å². The second-order valence-corrected chi connectivity index (χ2v) is 4.78. The number of carbonyl (C=O) groups is 1. The Morgan fingerprint density at radius 2 is 2.20 bits per heavy atom. The van der Waals surface area contributed by atoms with Gasteiger partial charge in [-0.15, -0.1) is 0 Å². The zero-order valence-corrected chi connectivity index (χ0v) is 9.24. The highest BCUT2D eigenvalue weighted by molar-refractivity contribution is 5.76. The van der Waals surface area contributed by atoms with Gasteiger partial charge in [0.2, 0.25) is 5.91 Å². The molecule has 0 bridgehead atoms. The molecule has 1 amide bonds. The van der Waals surface area contributed by atoms with Gasteiger partial charge in [0.1, 0.15) is 0 Å². The van der Waals surface area contributed by atoms with E-state index in [1.807, 2.05) is 0 Å². The summed E-state index contributed by atoms with van der Waals surface area (Å²) in [6.07, 6.45) is 4.18. The van der Waals surface area contributed by atoms with E-state index in [9.17, 15) is 4.79 Å². The van der Waals surface area contributed by atoms with Crippen LogP contribution >= 0.6 is 0 Å². The van der Waals surface area contributed by atoms with E-state index in [1.54, 1.807) is 0 Å². The molecule has 0 aromatic heterocycles. The molecule has 1 heterocycles. The normalized spacial score (nSPS) is 26.9. The fourth-order valence-corrected chi connectivity index (χ4v) is 2.10. The number of nitrogens with zero attached hydrogens (tertiary/aromatic N) is 1. The zero-order valence-electron chi connectivity index (χ0n) is 9.24. The second kappa shape index (κ2) is 4.94. The van der Waals surface area contributed by atoms with E-state index in [-0.39, 0.29) is 5.91 Å². The summed E-state index contributed by atoms with van der Waals surface area (Å²) in [5, 5.41) is 3.01. The van der Waals surface area contributed by atoms with Gasteiger partial charge in [0.05, 0.1) is 0 Å². The summed E-state index contributed by atoms with van der Waals surface area (Å²) in [7, 11) is 0. The van der Waals surface area contributed by atoms with E-state index in [4.69, 9.17) is 5.73 Å². The van der Waals surface area contributed by atoms with Gasteiger partial charge in [-0.25, -0.2) is 0 Å². The lowest BCUT2D eigenvalue weighted by molar-refractivity contribution is -0.121. The predicted molar refractivity (Wildman–Crippen MR) is 59.4 cm³/mol. The summed E-state index contributed by atoms with van der Waals surface area (Å²) >= 11 is 0. The molecule has 1 aliphatic carbocycles. The monoisotopic (exact) mass is 211 g/mol. The number of hydrogen-bond acceptors (Lipinski definition) is 3. The van der Waals surface area contributed by atoms with Gasteiger partial charge in [0, 0.05) is 25.6 Å². The maximum absolute atomic E-state index is 11.4. The first kappa shape index (κ1) is 10.9. The van der Waals surface area contributed by atoms with Gasteiger partial charge in [0.15, 0.2) is 0 Å². The molecule has 15 heavy (non-hydrogen) atoms. The molecule has 1 unspecified atom stereocenters. The number of rotatable bonds is 5. The predicted octanol–water partition coefficient (Wildman–Crippen LogP) is -0.0643. The number of carbonyl (C=O) groups excluding carboxylic acids is 1. The number of likely N-dealkylation sites (tertiary alicyclic amines) is 1. The molecule has 1 atom stereocenters. The van der Waals surface area contributed by atoms with Crippen LogP contribution in [0.2, 0.25) is 0 Å². The van der Waals surface area contributed by atoms with E-state index in [0.717, 1.165) is 26.2 Å². The third-order valence-electron chi connectivity index (χ3n) is 3.30. The van der Waals surface area contributed by atoms with Crippen LogP contribution in [0.1, 0.15) is 25.7 Å². The number of nitrogens with one attached hydrogen (secondary N) is 1. The Kier molecular flexibility index (Phi) is 3.59. The van der Waals surface area contributed by atoms with E-state index >= 15 is 0 Å². The van der Waals surface area contributed by atoms with Crippen molar-refractivity contribution >= 4 is 5.91 Å². The third-order valence-corrected chi connectivity index (χ3v) is 3.30. The first-order chi connectivity index (χ1) is 7.28. The van der Waals surface area contributed by atoms with E-state index in [1.165, 1.54) is 19.3 Å². The number of nitrogens with two attached hydrogens (primary N) is 1. The van der Waals surface area contributed by atoms with Crippen molar-refractivity contribution in [3.63, 3.8) is 0 Å². The first-order valence-corrected chi connectivity index (χ1v) is 5.99. The topological polar surface area (TPSA) is 58.4 Å². The molecule has 2 aliphatic rings. The molecule has 0 aromatic rings. The lowest BCUT2D eigenvalue weighted by Gasteiger charge is -2.15. The molecular formula is C11H21N3O. The highest BCUT2D eigenvalue weighted by Crippen LogP contribution is 2.19. The maximum Gasteiger partial charge on any atom is 0.221 e. The van der Waals surface area contributed by atoms with Crippen LogP contribution in [-0.4, -0.2) is 43.0 Å². The van der Waals surface area contributed by atoms with Gasteiger partial charge in [-0.1, -0.05) is 0 Å². The number of hydrogen-bond donors (Lipinski definition) is 2. The molecule has 0 spiro atoms. The average molecular weight is 211 g/mol. The van der Waals surface area contributed by atoms with E-state index < -0.39 is 0 Å². The Balaban J connectivity index is 1.58. The highest BCUT2D eigenvalue weighted by Gasteiger charge is 2.24. The van der Waals surface area contributed by atoms with Crippen LogP contribution in [0.5, 0.6) is 0 Å². The molecule has 4 nitrogen and oxygen atoms in total. The van der Waals surface area contributed by atoms with Gasteiger partial charge in [-0.3, -0.25) is 4.79 Å². The average Bonchev–Trinajstić information content (AvgIpc) is 2.92. The Labute approximate surface area is 91.2 Å². The van der Waals surface area contributed by atoms with Crippen molar-refractivity contribution in [3.8, 4) is 0 Å². The molecule has 3 N–H and O–H groups in total. The molecule has 1 aliphatic heterocycles. The largest absolute Gasteiger partial charge is 0.353 e. The summed E-state index contributed by atoms with van der Waals surface area (Å²) in [6, 6.07) is 0.493. The van der Waals surface area contributed by atoms with Crippen molar-refractivity contribution in [2.24, 2.45) is 11.7 Å². The zero-order chi connectivity index (χ0) is 10.7. The summed E-state index contributed by atoms with van der Waals surface area (Å²) in [4.78, 5) is 13.8. The Hall–Kier alpha value is -0.610. The molecule has 2 fully saturated rings. The van der Waals surface area contributed by atoms with Crippen LogP contribution < -0.4 is 11.1 Å². The lowest BCUT2D eigenvalue weighted by Crippen LogP contribution is -2.31. The van der Waals surface area contributed by atoms with Gasteiger partial charge >= 0.3 is 0 Å². The second-order valence-electron chi connectivity index (χ2n) is 4.78. The molecular weight excluding hydrogens is 190 g/mol. The minimum Gasteiger partial charge on any atom is -0.353 e. The Morgan fingerprint density at radius 3 is 2.80 bits per heavy atom. The van der Waals surface area contributed by atoms with Crippen LogP contribution in [0.4, 0.5) is 0 Å². The molecule has 4 heteroatoms. The summed E-state index contributed by atoms with van der Waals surface area (Å²) < 4.78 is 0. The Bertz CT molecular complexity index is 228. The fraction of sp³-hybridized carbons (Fsp3) is 0.909. The molecule has 2 rings (SSSR count). The highest BCUT2D eigenvalue weighted by atomic mass is 16.1. The van der Waals surface area contributed by atoms with Crippen LogP contribution in [0.3, 0.4) is 0 Å². The van der Waals surface area contributed by atoms with Crippen molar-refractivity contribution in [2.45, 2.75) is 31.7 Å². The van der Waals surface area contributed by atoms with Gasteiger partial charge in [-0.05, 0) is 38.3 Å². The van der Waals surface area contributed by atoms with E-state index in [0.29, 0.717) is 18.4 Å². The van der Waals surface area contributed by atoms with E-state index in [2.05, 4.69) is 10.2 Å². The van der Waals surface area contributed by atoms with Crippen molar-refractivity contribution in [1.82, 2.24) is 10.2 Å². The molecule has 0 aromatic carbocycles. The van der Waals surface area contributed by atoms with Gasteiger partial charge < -0.3 is 16.0 Å². The van der Waals surface area contributed by atoms with Crippen LogP contribution in [0.15, 0.2) is 0 Å². The van der Waals surface area contributed by atoms with Crippen LogP contribution in [0, 0.1) is 5.92 Å². The van der Waals surface area contributed by atoms with Gasteiger partial charge in [-0.2, -0.15) is 0 Å². The van der Waals surface area contributed by atoms with Gasteiger partial charge in [0.25, 0.3) is 0 Å². The van der Waals surface area contributed by atoms with Crippen LogP contribution in [0.25, 0.3) is 0 Å². The summed E-state index contributed by atoms with van der Waals surface area (Å²) in [5.41, 5.74) is 5.62. The lowest BCUT2D eigenvalue weighted by atomic mass is 10.1. The third kappa shape index (κ3) is 3.47. The van der Waals surface area contributed by atoms with Crippen molar-refractivity contribution < 1.29 is 4.79 Å². The summed E-state index contributed by atoms with van der Waals surface area (Å²) in [6.45, 7) is 3.87. The SMILES string of the molecule is NCC1CCN(CCC(=O)NC2CC2)C1. The smallest absolute Gasteiger partial charge is 0.221 e. The van der Waals surface area contributed by atoms with Crippen molar-refractivity contribution in [3.05, 3.63) is 0 Å². The fourth-order valence-electron chi connectivity index (χ4n) is 2.10. The Morgan fingerprint density at radius 1 is 1.40 bits per heavy atom. The van der Waals surface area contributed by atoms with Crippen LogP contribution in [-0.2, 0) is 4.79 Å². The summed E-state index contributed by atoms with van der Waals surface area (Å²) in [5.74, 6) is 0.866. The number of amides is 1. The minimum atomic E-state index is 0.216. The first-order valence-electron chi connectivity index (χ1n) is 5.99. The maximum atomic E-state index is 11.4. The standard InChI is InChI=1S/C11H21N3O/c12-7-9-3-5-14(8-9)6-4-11(15)13-10-1-2-10/h9-10H,1-8,12H2,(H,13,15). The molecule has 0 radical (unpaired) electrons. The van der Waals surface area contributed by atoms with Crippen molar-refractivity contribution in [2.75, 3.05) is 26.2 Å².